The Labute approximate surface area is 262 Å². The van der Waals surface area contributed by atoms with Gasteiger partial charge in [-0.2, -0.15) is 0 Å². The summed E-state index contributed by atoms with van der Waals surface area (Å²) in [4.78, 5) is 12.9. The van der Waals surface area contributed by atoms with Crippen molar-refractivity contribution in [1.29, 1.82) is 0 Å². The van der Waals surface area contributed by atoms with Crippen molar-refractivity contribution in [3.8, 4) is 0 Å². The van der Waals surface area contributed by atoms with Gasteiger partial charge in [-0.1, -0.05) is 141 Å². The zero-order valence-electron chi connectivity index (χ0n) is 28.4. The van der Waals surface area contributed by atoms with E-state index in [4.69, 9.17) is 0 Å². The van der Waals surface area contributed by atoms with Gasteiger partial charge in [-0.25, -0.2) is 0 Å². The Morgan fingerprint density at radius 3 is 1.63 bits per heavy atom. The normalized spacial score (nSPS) is 27.7. The molecule has 43 heavy (non-hydrogen) atoms. The molecule has 0 unspecified atom stereocenters. The van der Waals surface area contributed by atoms with Crippen molar-refractivity contribution in [3.05, 3.63) is 119 Å². The summed E-state index contributed by atoms with van der Waals surface area (Å²) in [5, 5.41) is 20.2. The topological polar surface area (TPSA) is 57.5 Å². The van der Waals surface area contributed by atoms with E-state index in [2.05, 4.69) is 97.9 Å². The first-order valence-corrected chi connectivity index (χ1v) is 15.7. The van der Waals surface area contributed by atoms with Gasteiger partial charge in [-0.3, -0.25) is 4.79 Å². The smallest absolute Gasteiger partial charge is 0.162 e. The summed E-state index contributed by atoms with van der Waals surface area (Å²) in [6, 6.07) is 0. The fourth-order valence-corrected chi connectivity index (χ4v) is 6.19. The fourth-order valence-electron chi connectivity index (χ4n) is 6.19. The largest absolute Gasteiger partial charge is 0.393 e. The summed E-state index contributed by atoms with van der Waals surface area (Å²) < 4.78 is 0. The molecule has 2 aliphatic rings. The van der Waals surface area contributed by atoms with Crippen LogP contribution in [0, 0.1) is 16.2 Å². The molecular formula is C40H56O3. The highest BCUT2D eigenvalue weighted by atomic mass is 16.3. The maximum absolute atomic E-state index is 12.9. The van der Waals surface area contributed by atoms with Crippen molar-refractivity contribution in [1.82, 2.24) is 0 Å². The first kappa shape index (κ1) is 36.2. The van der Waals surface area contributed by atoms with Crippen molar-refractivity contribution in [2.24, 2.45) is 16.2 Å². The van der Waals surface area contributed by atoms with E-state index in [1.54, 1.807) is 6.08 Å². The lowest BCUT2D eigenvalue weighted by Gasteiger charge is -2.35. The molecule has 1 saturated carbocycles. The molecule has 3 heteroatoms. The molecule has 3 nitrogen and oxygen atoms in total. The Kier molecular flexibility index (Phi) is 13.2. The van der Waals surface area contributed by atoms with Crippen LogP contribution in [-0.2, 0) is 4.79 Å². The molecule has 0 radical (unpaired) electrons. The van der Waals surface area contributed by atoms with E-state index in [1.165, 1.54) is 16.7 Å². The zero-order chi connectivity index (χ0) is 32.4. The molecule has 2 aliphatic carbocycles. The maximum atomic E-state index is 12.9. The van der Waals surface area contributed by atoms with Crippen molar-refractivity contribution in [2.75, 3.05) is 0 Å². The van der Waals surface area contributed by atoms with E-state index in [-0.39, 0.29) is 22.7 Å². The van der Waals surface area contributed by atoms with E-state index in [9.17, 15) is 15.0 Å². The Balaban J connectivity index is 1.89. The van der Waals surface area contributed by atoms with Crippen LogP contribution >= 0.6 is 0 Å². The fraction of sp³-hybridized carbons (Fsp3) is 0.475. The van der Waals surface area contributed by atoms with Crippen LogP contribution in [-0.4, -0.2) is 28.2 Å². The van der Waals surface area contributed by atoms with Gasteiger partial charge in [0, 0.05) is 5.41 Å². The van der Waals surface area contributed by atoms with Crippen LogP contribution < -0.4 is 0 Å². The van der Waals surface area contributed by atoms with Crippen LogP contribution in [0.1, 0.15) is 94.9 Å². The number of allylic oxidation sites excluding steroid dienone is 19. The summed E-state index contributed by atoms with van der Waals surface area (Å²) in [5.41, 5.74) is 6.34. The van der Waals surface area contributed by atoms with Gasteiger partial charge in [0.2, 0.25) is 0 Å². The van der Waals surface area contributed by atoms with E-state index >= 15 is 0 Å². The highest BCUT2D eigenvalue weighted by molar-refractivity contribution is 5.95. The number of ketones is 1. The average Bonchev–Trinajstić information content (AvgIpc) is 3.10. The molecule has 0 bridgehead atoms. The third-order valence-electron chi connectivity index (χ3n) is 9.18. The lowest BCUT2D eigenvalue weighted by molar-refractivity contribution is -0.127. The first-order valence-electron chi connectivity index (χ1n) is 15.7. The molecule has 0 aliphatic heterocycles. The molecule has 0 aromatic rings. The molecule has 0 spiro atoms. The van der Waals surface area contributed by atoms with Gasteiger partial charge in [-0.05, 0) is 82.8 Å². The predicted molar refractivity (Wildman–Crippen MR) is 185 cm³/mol. The number of hydrogen-bond donors (Lipinski definition) is 2. The molecule has 2 rings (SSSR count). The standard InChI is InChI=1S/C40H56O3/c1-29(17-13-19-31(3)21-23-36-33(5)25-34(41)26-38(36,6)7)15-11-12-16-30(2)18-14-20-32(4)22-24-37(43)40(10)28-35(42)27-39(40,8)9/h11-24,34-35,41-42H,25-28H2,1-10H3/b12-11+,17-13+,18-14+,23-21+,24-22+,29-15+,30-16+,31-19+,32-20-/t34-,35-,40-/m1/s1. The molecule has 0 aromatic heterocycles. The second-order valence-corrected chi connectivity index (χ2v) is 14.2. The predicted octanol–water partition coefficient (Wildman–Crippen LogP) is 9.81. The molecule has 0 heterocycles. The van der Waals surface area contributed by atoms with E-state index in [0.717, 1.165) is 29.6 Å². The highest BCUT2D eigenvalue weighted by Gasteiger charge is 2.52. The summed E-state index contributed by atoms with van der Waals surface area (Å²) in [5.74, 6) is 0.0853. The van der Waals surface area contributed by atoms with Gasteiger partial charge in [0.15, 0.2) is 5.78 Å². The molecular weight excluding hydrogens is 528 g/mol. The minimum Gasteiger partial charge on any atom is -0.393 e. The van der Waals surface area contributed by atoms with Crippen LogP contribution in [0.4, 0.5) is 0 Å². The molecule has 0 saturated heterocycles. The highest BCUT2D eigenvalue weighted by Crippen LogP contribution is 2.53. The van der Waals surface area contributed by atoms with Gasteiger partial charge in [0.1, 0.15) is 0 Å². The van der Waals surface area contributed by atoms with Crippen LogP contribution in [0.15, 0.2) is 119 Å². The van der Waals surface area contributed by atoms with Gasteiger partial charge < -0.3 is 10.2 Å². The molecule has 0 amide bonds. The quantitative estimate of drug-likeness (QED) is 0.188. The lowest BCUT2D eigenvalue weighted by Crippen LogP contribution is -2.36. The zero-order valence-corrected chi connectivity index (χ0v) is 28.4. The monoisotopic (exact) mass is 584 g/mol. The average molecular weight is 585 g/mol. The Hall–Kier alpha value is -3.01. The number of hydrogen-bond acceptors (Lipinski definition) is 3. The summed E-state index contributed by atoms with van der Waals surface area (Å²) in [7, 11) is 0. The SMILES string of the molecule is CC1=C(/C=C/C(C)=C/C=C/C(C)=C/C=C/C=C(C)/C=C/C=C(C)\C=C\C(=O)[C@@]2(C)C[C@H](O)CC2(C)C)C(C)(C)C[C@H](O)C1. The van der Waals surface area contributed by atoms with Crippen molar-refractivity contribution in [2.45, 2.75) is 107 Å². The van der Waals surface area contributed by atoms with Gasteiger partial charge in [-0.15, -0.1) is 0 Å². The Morgan fingerprint density at radius 2 is 1.14 bits per heavy atom. The minimum atomic E-state index is -0.532. The number of rotatable bonds is 11. The van der Waals surface area contributed by atoms with Gasteiger partial charge in [0.05, 0.1) is 12.2 Å². The third kappa shape index (κ3) is 10.9. The van der Waals surface area contributed by atoms with Crippen molar-refractivity contribution < 1.29 is 15.0 Å². The van der Waals surface area contributed by atoms with Crippen molar-refractivity contribution in [3.63, 3.8) is 0 Å². The summed E-state index contributed by atoms with van der Waals surface area (Å²) >= 11 is 0. The molecule has 3 atom stereocenters. The Bertz CT molecular complexity index is 1310. The number of carbonyl (C=O) groups is 1. The number of aliphatic hydroxyl groups is 2. The third-order valence-corrected chi connectivity index (χ3v) is 9.18. The van der Waals surface area contributed by atoms with Crippen LogP contribution in [0.25, 0.3) is 0 Å². The summed E-state index contributed by atoms with van der Waals surface area (Å²) in [6.07, 6.45) is 30.6. The lowest BCUT2D eigenvalue weighted by atomic mass is 9.66. The van der Waals surface area contributed by atoms with Gasteiger partial charge in [0.25, 0.3) is 0 Å². The van der Waals surface area contributed by atoms with Crippen LogP contribution in [0.3, 0.4) is 0 Å². The molecule has 0 aromatic carbocycles. The van der Waals surface area contributed by atoms with Crippen molar-refractivity contribution >= 4 is 5.78 Å². The van der Waals surface area contributed by atoms with E-state index in [1.807, 2.05) is 50.3 Å². The Morgan fingerprint density at radius 1 is 0.651 bits per heavy atom. The van der Waals surface area contributed by atoms with Crippen LogP contribution in [0.2, 0.25) is 0 Å². The van der Waals surface area contributed by atoms with Gasteiger partial charge >= 0.3 is 0 Å². The molecule has 1 fully saturated rings. The second kappa shape index (κ2) is 15.6. The van der Waals surface area contributed by atoms with E-state index < -0.39 is 11.5 Å². The molecule has 2 N–H and O–H groups in total. The maximum Gasteiger partial charge on any atom is 0.162 e. The minimum absolute atomic E-state index is 0.00528. The molecule has 234 valence electrons. The van der Waals surface area contributed by atoms with Crippen LogP contribution in [0.5, 0.6) is 0 Å². The number of aliphatic hydroxyl groups excluding tert-OH is 2. The van der Waals surface area contributed by atoms with E-state index in [0.29, 0.717) is 12.8 Å². The summed E-state index contributed by atoms with van der Waals surface area (Å²) in [6.45, 7) is 20.9. The first-order chi connectivity index (χ1) is 20.0. The number of carbonyl (C=O) groups excluding carboxylic acids is 1. The second-order valence-electron chi connectivity index (χ2n) is 14.2.